The molecule has 0 bridgehead atoms. The Morgan fingerprint density at radius 1 is 1.14 bits per heavy atom. The van der Waals surface area contributed by atoms with Crippen molar-refractivity contribution in [3.8, 4) is 11.3 Å². The standard InChI is InChI=1S/C26H24ClFN6O2/c1-14-12-30-24(15(2)33-14)23(26(29)35)18-10-19(21(28)11-20(18)27)25-17-4-3-16(9-22(17)31-13-32-25)34-5-7-36-8-6-34/h3-4,9-13,23H,5-8H2,1-2H3,(H2,29,35). The summed E-state index contributed by atoms with van der Waals surface area (Å²) in [6, 6.07) is 8.50. The van der Waals surface area contributed by atoms with Crippen molar-refractivity contribution >= 4 is 34.1 Å². The predicted octanol–water partition coefficient (Wildman–Crippen LogP) is 3.95. The molecule has 5 rings (SSSR count). The lowest BCUT2D eigenvalue weighted by Crippen LogP contribution is -2.36. The predicted molar refractivity (Wildman–Crippen MR) is 136 cm³/mol. The van der Waals surface area contributed by atoms with Crippen molar-refractivity contribution in [2.24, 2.45) is 5.73 Å². The number of carbonyl (C=O) groups excluding carboxylic acids is 1. The average molecular weight is 507 g/mol. The van der Waals surface area contributed by atoms with E-state index in [4.69, 9.17) is 22.1 Å². The van der Waals surface area contributed by atoms with Crippen molar-refractivity contribution in [1.29, 1.82) is 0 Å². The highest BCUT2D eigenvalue weighted by molar-refractivity contribution is 6.32. The van der Waals surface area contributed by atoms with Crippen LogP contribution in [0.2, 0.25) is 5.02 Å². The fourth-order valence-electron chi connectivity index (χ4n) is 4.57. The van der Waals surface area contributed by atoms with Crippen molar-refractivity contribution in [1.82, 2.24) is 19.9 Å². The van der Waals surface area contributed by atoms with Crippen LogP contribution in [0, 0.1) is 19.7 Å². The van der Waals surface area contributed by atoms with Crippen LogP contribution in [0.15, 0.2) is 42.9 Å². The van der Waals surface area contributed by atoms with Gasteiger partial charge in [-0.15, -0.1) is 0 Å². The summed E-state index contributed by atoms with van der Waals surface area (Å²) in [5.74, 6) is -2.25. The number of aryl methyl sites for hydroxylation is 2. The summed E-state index contributed by atoms with van der Waals surface area (Å²) in [6.07, 6.45) is 2.95. The molecule has 1 unspecified atom stereocenters. The molecule has 1 amide bonds. The summed E-state index contributed by atoms with van der Waals surface area (Å²) >= 11 is 6.44. The number of nitrogens with zero attached hydrogens (tertiary/aromatic N) is 5. The second-order valence-corrected chi connectivity index (χ2v) is 9.10. The number of hydrogen-bond acceptors (Lipinski definition) is 7. The topological polar surface area (TPSA) is 107 Å². The minimum Gasteiger partial charge on any atom is -0.378 e. The maximum atomic E-state index is 15.3. The maximum absolute atomic E-state index is 15.3. The first-order valence-electron chi connectivity index (χ1n) is 11.5. The van der Waals surface area contributed by atoms with Gasteiger partial charge in [0.15, 0.2) is 0 Å². The van der Waals surface area contributed by atoms with Gasteiger partial charge in [0.1, 0.15) is 18.1 Å². The van der Waals surface area contributed by atoms with Crippen LogP contribution in [0.1, 0.15) is 28.6 Å². The summed E-state index contributed by atoms with van der Waals surface area (Å²) in [5, 5.41) is 0.735. The molecule has 1 fully saturated rings. The highest BCUT2D eigenvalue weighted by atomic mass is 35.5. The highest BCUT2D eigenvalue weighted by Crippen LogP contribution is 2.37. The van der Waals surface area contributed by atoms with Gasteiger partial charge < -0.3 is 15.4 Å². The fourth-order valence-corrected chi connectivity index (χ4v) is 4.83. The normalized spacial score (nSPS) is 14.7. The summed E-state index contributed by atoms with van der Waals surface area (Å²) < 4.78 is 20.7. The number of ether oxygens (including phenoxy) is 1. The number of morpholine rings is 1. The average Bonchev–Trinajstić information content (AvgIpc) is 2.86. The molecule has 0 spiro atoms. The van der Waals surface area contributed by atoms with E-state index in [0.717, 1.165) is 18.8 Å². The van der Waals surface area contributed by atoms with Gasteiger partial charge in [-0.25, -0.2) is 14.4 Å². The van der Waals surface area contributed by atoms with E-state index in [1.807, 2.05) is 18.2 Å². The Hall–Kier alpha value is -3.69. The molecule has 1 atom stereocenters. The Balaban J connectivity index is 1.63. The van der Waals surface area contributed by atoms with Gasteiger partial charge in [-0.05, 0) is 49.7 Å². The van der Waals surface area contributed by atoms with Crippen LogP contribution in [-0.2, 0) is 9.53 Å². The van der Waals surface area contributed by atoms with Gasteiger partial charge >= 0.3 is 0 Å². The van der Waals surface area contributed by atoms with Gasteiger partial charge in [0.2, 0.25) is 5.91 Å². The third kappa shape index (κ3) is 4.47. The SMILES string of the molecule is Cc1cnc(C(C(N)=O)c2cc(-c3ncnc4cc(N5CCOCC5)ccc34)c(F)cc2Cl)c(C)n1. The van der Waals surface area contributed by atoms with Crippen LogP contribution in [0.3, 0.4) is 0 Å². The number of benzene rings is 2. The van der Waals surface area contributed by atoms with E-state index >= 15 is 4.39 Å². The molecule has 36 heavy (non-hydrogen) atoms. The van der Waals surface area contributed by atoms with E-state index in [2.05, 4.69) is 24.8 Å². The van der Waals surface area contributed by atoms with Crippen LogP contribution in [0.25, 0.3) is 22.2 Å². The van der Waals surface area contributed by atoms with E-state index in [-0.39, 0.29) is 10.6 Å². The Labute approximate surface area is 212 Å². The molecule has 4 aromatic rings. The van der Waals surface area contributed by atoms with Crippen molar-refractivity contribution < 1.29 is 13.9 Å². The maximum Gasteiger partial charge on any atom is 0.231 e. The van der Waals surface area contributed by atoms with Gasteiger partial charge in [-0.1, -0.05) is 11.6 Å². The Morgan fingerprint density at radius 3 is 2.64 bits per heavy atom. The molecule has 2 aromatic carbocycles. The lowest BCUT2D eigenvalue weighted by molar-refractivity contribution is -0.118. The number of fused-ring (bicyclic) bond motifs is 1. The van der Waals surface area contributed by atoms with Gasteiger partial charge in [-0.3, -0.25) is 14.8 Å². The third-order valence-corrected chi connectivity index (χ3v) is 6.64. The Kier molecular flexibility index (Phi) is 6.51. The van der Waals surface area contributed by atoms with E-state index < -0.39 is 17.6 Å². The smallest absolute Gasteiger partial charge is 0.231 e. The largest absolute Gasteiger partial charge is 0.378 e. The Bertz CT molecular complexity index is 1470. The quantitative estimate of drug-likeness (QED) is 0.436. The van der Waals surface area contributed by atoms with Gasteiger partial charge in [0, 0.05) is 40.9 Å². The second-order valence-electron chi connectivity index (χ2n) is 8.69. The number of amides is 1. The molecule has 8 nitrogen and oxygen atoms in total. The summed E-state index contributed by atoms with van der Waals surface area (Å²) in [4.78, 5) is 32.4. The van der Waals surface area contributed by atoms with E-state index in [9.17, 15) is 4.79 Å². The van der Waals surface area contributed by atoms with Crippen molar-refractivity contribution in [2.75, 3.05) is 31.2 Å². The number of rotatable bonds is 5. The molecule has 1 aliphatic heterocycles. The zero-order valence-electron chi connectivity index (χ0n) is 19.8. The molecule has 0 radical (unpaired) electrons. The van der Waals surface area contributed by atoms with E-state index in [1.54, 1.807) is 20.0 Å². The number of halogens is 2. The molecule has 1 saturated heterocycles. The van der Waals surface area contributed by atoms with Crippen LogP contribution in [-0.4, -0.2) is 52.1 Å². The molecule has 2 aromatic heterocycles. The molecule has 3 heterocycles. The number of anilines is 1. The molecule has 184 valence electrons. The Morgan fingerprint density at radius 2 is 1.92 bits per heavy atom. The van der Waals surface area contributed by atoms with Gasteiger partial charge in [0.05, 0.1) is 41.5 Å². The molecular formula is C26H24ClFN6O2. The van der Waals surface area contributed by atoms with Crippen LogP contribution in [0.5, 0.6) is 0 Å². The number of aromatic nitrogens is 4. The monoisotopic (exact) mass is 506 g/mol. The summed E-state index contributed by atoms with van der Waals surface area (Å²) in [5.41, 5.74) is 9.99. The number of nitrogens with two attached hydrogens (primary N) is 1. The minimum absolute atomic E-state index is 0.0646. The number of hydrogen-bond donors (Lipinski definition) is 1. The van der Waals surface area contributed by atoms with Gasteiger partial charge in [-0.2, -0.15) is 0 Å². The van der Waals surface area contributed by atoms with Crippen molar-refractivity contribution in [3.05, 3.63) is 76.3 Å². The zero-order chi connectivity index (χ0) is 25.4. The molecule has 1 aliphatic rings. The highest BCUT2D eigenvalue weighted by Gasteiger charge is 2.28. The lowest BCUT2D eigenvalue weighted by atomic mass is 9.90. The molecule has 2 N–H and O–H groups in total. The second kappa shape index (κ2) is 9.75. The summed E-state index contributed by atoms with van der Waals surface area (Å²) in [6.45, 7) is 6.45. The van der Waals surface area contributed by atoms with E-state index in [0.29, 0.717) is 52.5 Å². The number of primary amides is 1. The minimum atomic E-state index is -1.01. The molecule has 10 heteroatoms. The first-order valence-corrected chi connectivity index (χ1v) is 11.9. The zero-order valence-corrected chi connectivity index (χ0v) is 20.6. The first-order chi connectivity index (χ1) is 17.3. The molecular weight excluding hydrogens is 483 g/mol. The molecule has 0 aliphatic carbocycles. The van der Waals surface area contributed by atoms with Crippen LogP contribution >= 0.6 is 11.6 Å². The van der Waals surface area contributed by atoms with Crippen molar-refractivity contribution in [3.63, 3.8) is 0 Å². The van der Waals surface area contributed by atoms with E-state index in [1.165, 1.54) is 18.5 Å². The van der Waals surface area contributed by atoms with Crippen LogP contribution < -0.4 is 10.6 Å². The van der Waals surface area contributed by atoms with Crippen LogP contribution in [0.4, 0.5) is 10.1 Å². The van der Waals surface area contributed by atoms with Crippen molar-refractivity contribution in [2.45, 2.75) is 19.8 Å². The van der Waals surface area contributed by atoms with Gasteiger partial charge in [0.25, 0.3) is 0 Å². The molecule has 0 saturated carbocycles. The third-order valence-electron chi connectivity index (χ3n) is 6.31. The lowest BCUT2D eigenvalue weighted by Gasteiger charge is -2.29. The first kappa shape index (κ1) is 24.0. The number of carbonyl (C=O) groups is 1. The fraction of sp³-hybridized carbons (Fsp3) is 0.269. The summed E-state index contributed by atoms with van der Waals surface area (Å²) in [7, 11) is 0.